The van der Waals surface area contributed by atoms with E-state index in [1.54, 1.807) is 43.1 Å². The van der Waals surface area contributed by atoms with Gasteiger partial charge >= 0.3 is 0 Å². The monoisotopic (exact) mass is 342 g/mol. The highest BCUT2D eigenvalue weighted by Crippen LogP contribution is 2.18. The summed E-state index contributed by atoms with van der Waals surface area (Å²) in [4.78, 5) is 18.1. The molecule has 24 heavy (non-hydrogen) atoms. The molecule has 1 aromatic heterocycles. The number of benzene rings is 2. The molecule has 1 heterocycles. The smallest absolute Gasteiger partial charge is 0.297 e. The van der Waals surface area contributed by atoms with Gasteiger partial charge in [-0.1, -0.05) is 11.6 Å². The largest absolute Gasteiger partial charge is 0.497 e. The highest BCUT2D eigenvalue weighted by molar-refractivity contribution is 6.30. The molecule has 6 nitrogen and oxygen atoms in total. The highest BCUT2D eigenvalue weighted by Gasteiger charge is 2.18. The minimum absolute atomic E-state index is 0.114. The van der Waals surface area contributed by atoms with Gasteiger partial charge in [-0.25, -0.2) is 9.67 Å². The normalized spacial score (nSPS) is 10.5. The number of hydrogen-bond acceptors (Lipinski definition) is 4. The Morgan fingerprint density at radius 2 is 1.79 bits per heavy atom. The Morgan fingerprint density at radius 1 is 1.12 bits per heavy atom. The zero-order valence-corrected chi connectivity index (χ0v) is 13.9. The molecule has 0 unspecified atom stereocenters. The van der Waals surface area contributed by atoms with Crippen molar-refractivity contribution in [3.63, 3.8) is 0 Å². The molecule has 0 radical (unpaired) electrons. The molecule has 0 aliphatic carbocycles. The second kappa shape index (κ2) is 6.72. The van der Waals surface area contributed by atoms with E-state index in [0.29, 0.717) is 10.7 Å². The number of carbonyl (C=O) groups is 1. The summed E-state index contributed by atoms with van der Waals surface area (Å²) in [5.41, 5.74) is 1.50. The molecule has 0 fully saturated rings. The molecule has 3 aromatic rings. The lowest BCUT2D eigenvalue weighted by Gasteiger charge is -2.15. The second-order valence-corrected chi connectivity index (χ2v) is 5.49. The fourth-order valence-electron chi connectivity index (χ4n) is 2.15. The van der Waals surface area contributed by atoms with Crippen LogP contribution in [0.25, 0.3) is 5.69 Å². The van der Waals surface area contributed by atoms with Gasteiger partial charge in [-0.2, -0.15) is 0 Å². The average Bonchev–Trinajstić information content (AvgIpc) is 3.11. The standard InChI is InChI=1S/C17H15ClN4O2/c1-21(13-5-3-12(18)4-6-13)17(23)16-19-11-22(20-16)14-7-9-15(24-2)10-8-14/h3-11H,1-2H3. The van der Waals surface area contributed by atoms with Crippen molar-refractivity contribution in [1.82, 2.24) is 14.8 Å². The van der Waals surface area contributed by atoms with Gasteiger partial charge in [-0.3, -0.25) is 4.79 Å². The van der Waals surface area contributed by atoms with Gasteiger partial charge in [0.2, 0.25) is 5.82 Å². The summed E-state index contributed by atoms with van der Waals surface area (Å²) in [6, 6.07) is 14.3. The third-order valence-electron chi connectivity index (χ3n) is 3.54. The van der Waals surface area contributed by atoms with E-state index < -0.39 is 0 Å². The van der Waals surface area contributed by atoms with Gasteiger partial charge in [-0.05, 0) is 48.5 Å². The van der Waals surface area contributed by atoms with E-state index in [2.05, 4.69) is 10.1 Å². The molecular formula is C17H15ClN4O2. The van der Waals surface area contributed by atoms with Gasteiger partial charge in [-0.15, -0.1) is 5.10 Å². The van der Waals surface area contributed by atoms with Gasteiger partial charge < -0.3 is 9.64 Å². The SMILES string of the molecule is COc1ccc(-n2cnc(C(=O)N(C)c3ccc(Cl)cc3)n2)cc1. The number of carbonyl (C=O) groups excluding carboxylic acids is 1. The molecule has 0 atom stereocenters. The van der Waals surface area contributed by atoms with Gasteiger partial charge in [0.1, 0.15) is 12.1 Å². The van der Waals surface area contributed by atoms with Crippen molar-refractivity contribution in [2.24, 2.45) is 0 Å². The number of methoxy groups -OCH3 is 1. The zero-order valence-electron chi connectivity index (χ0n) is 13.2. The molecule has 2 aromatic carbocycles. The lowest BCUT2D eigenvalue weighted by molar-refractivity contribution is 0.0983. The number of nitrogens with zero attached hydrogens (tertiary/aromatic N) is 4. The molecular weight excluding hydrogens is 328 g/mol. The van der Waals surface area contributed by atoms with Crippen LogP contribution in [0, 0.1) is 0 Å². The lowest BCUT2D eigenvalue weighted by atomic mass is 10.3. The van der Waals surface area contributed by atoms with Crippen LogP contribution in [0.5, 0.6) is 5.75 Å². The number of halogens is 1. The first-order valence-corrected chi connectivity index (χ1v) is 7.56. The van der Waals surface area contributed by atoms with Crippen LogP contribution in [0.15, 0.2) is 54.9 Å². The second-order valence-electron chi connectivity index (χ2n) is 5.05. The van der Waals surface area contributed by atoms with Crippen molar-refractivity contribution in [3.8, 4) is 11.4 Å². The molecule has 0 saturated carbocycles. The minimum Gasteiger partial charge on any atom is -0.497 e. The Morgan fingerprint density at radius 3 is 2.42 bits per heavy atom. The summed E-state index contributed by atoms with van der Waals surface area (Å²) in [5.74, 6) is 0.561. The van der Waals surface area contributed by atoms with Crippen molar-refractivity contribution in [3.05, 3.63) is 65.7 Å². The van der Waals surface area contributed by atoms with Gasteiger partial charge in [0, 0.05) is 17.8 Å². The van der Waals surface area contributed by atoms with Crippen LogP contribution in [0.4, 0.5) is 5.69 Å². The van der Waals surface area contributed by atoms with E-state index in [0.717, 1.165) is 11.4 Å². The van der Waals surface area contributed by atoms with Crippen molar-refractivity contribution >= 4 is 23.2 Å². The maximum Gasteiger partial charge on any atom is 0.297 e. The van der Waals surface area contributed by atoms with Crippen molar-refractivity contribution in [2.75, 3.05) is 19.1 Å². The lowest BCUT2D eigenvalue weighted by Crippen LogP contribution is -2.27. The van der Waals surface area contributed by atoms with Gasteiger partial charge in [0.15, 0.2) is 0 Å². The van der Waals surface area contributed by atoms with Crippen LogP contribution in [-0.2, 0) is 0 Å². The number of hydrogen-bond donors (Lipinski definition) is 0. The maximum atomic E-state index is 12.5. The van der Waals surface area contributed by atoms with E-state index in [9.17, 15) is 4.79 Å². The number of anilines is 1. The molecule has 7 heteroatoms. The third kappa shape index (κ3) is 3.23. The zero-order chi connectivity index (χ0) is 17.1. The first-order chi connectivity index (χ1) is 11.6. The molecule has 1 amide bonds. The number of rotatable bonds is 4. The van der Waals surface area contributed by atoms with E-state index in [-0.39, 0.29) is 11.7 Å². The Labute approximate surface area is 144 Å². The third-order valence-corrected chi connectivity index (χ3v) is 3.79. The Kier molecular flexibility index (Phi) is 4.48. The fourth-order valence-corrected chi connectivity index (χ4v) is 2.28. The number of aromatic nitrogens is 3. The Hall–Kier alpha value is -2.86. The van der Waals surface area contributed by atoms with Crippen LogP contribution < -0.4 is 9.64 Å². The van der Waals surface area contributed by atoms with Gasteiger partial charge in [0.05, 0.1) is 12.8 Å². The molecule has 122 valence electrons. The summed E-state index contributed by atoms with van der Waals surface area (Å²) in [5, 5.41) is 4.86. The van der Waals surface area contributed by atoms with Crippen molar-refractivity contribution in [2.45, 2.75) is 0 Å². The molecule has 0 N–H and O–H groups in total. The van der Waals surface area contributed by atoms with Crippen LogP contribution >= 0.6 is 11.6 Å². The first-order valence-electron chi connectivity index (χ1n) is 7.18. The average molecular weight is 343 g/mol. The molecule has 0 bridgehead atoms. The molecule has 3 rings (SSSR count). The van der Waals surface area contributed by atoms with Crippen LogP contribution in [0.3, 0.4) is 0 Å². The highest BCUT2D eigenvalue weighted by atomic mass is 35.5. The van der Waals surface area contributed by atoms with Crippen LogP contribution in [0.1, 0.15) is 10.6 Å². The molecule has 0 spiro atoms. The summed E-state index contributed by atoms with van der Waals surface area (Å²) >= 11 is 5.87. The summed E-state index contributed by atoms with van der Waals surface area (Å²) in [7, 11) is 3.27. The first kappa shape index (κ1) is 16.0. The summed E-state index contributed by atoms with van der Waals surface area (Å²) in [6.45, 7) is 0. The van der Waals surface area contributed by atoms with Crippen LogP contribution in [0.2, 0.25) is 5.02 Å². The molecule has 0 aliphatic heterocycles. The maximum absolute atomic E-state index is 12.5. The van der Waals surface area contributed by atoms with Crippen molar-refractivity contribution < 1.29 is 9.53 Å². The topological polar surface area (TPSA) is 60.3 Å². The Balaban J connectivity index is 1.81. The Bertz CT molecular complexity index is 844. The predicted octanol–water partition coefficient (Wildman–Crippen LogP) is 3.21. The fraction of sp³-hybridized carbons (Fsp3) is 0.118. The van der Waals surface area contributed by atoms with Crippen LogP contribution in [-0.4, -0.2) is 34.8 Å². The summed E-state index contributed by atoms with van der Waals surface area (Å²) in [6.07, 6.45) is 1.50. The molecule has 0 saturated heterocycles. The quantitative estimate of drug-likeness (QED) is 0.730. The van der Waals surface area contributed by atoms with E-state index in [1.807, 2.05) is 24.3 Å². The van der Waals surface area contributed by atoms with E-state index >= 15 is 0 Å². The molecule has 0 aliphatic rings. The van der Waals surface area contributed by atoms with E-state index in [1.165, 1.54) is 11.2 Å². The van der Waals surface area contributed by atoms with E-state index in [4.69, 9.17) is 16.3 Å². The van der Waals surface area contributed by atoms with Gasteiger partial charge in [0.25, 0.3) is 5.91 Å². The number of ether oxygens (including phenoxy) is 1. The minimum atomic E-state index is -0.301. The summed E-state index contributed by atoms with van der Waals surface area (Å²) < 4.78 is 6.67. The van der Waals surface area contributed by atoms with Crippen molar-refractivity contribution in [1.29, 1.82) is 0 Å². The number of amides is 1. The predicted molar refractivity (Wildman–Crippen MR) is 92.1 cm³/mol.